The van der Waals surface area contributed by atoms with Gasteiger partial charge in [0.15, 0.2) is 0 Å². The Labute approximate surface area is 250 Å². The third kappa shape index (κ3) is 5.97. The topological polar surface area (TPSA) is 82.0 Å². The van der Waals surface area contributed by atoms with Crippen LogP contribution in [0.3, 0.4) is 0 Å². The first-order valence-corrected chi connectivity index (χ1v) is 15.4. The molecule has 1 unspecified atom stereocenters. The van der Waals surface area contributed by atoms with Crippen molar-refractivity contribution in [1.82, 2.24) is 9.47 Å². The van der Waals surface area contributed by atoms with Gasteiger partial charge in [0.2, 0.25) is 0 Å². The molecule has 2 bridgehead atoms. The largest absolute Gasteiger partial charge is 0.490 e. The number of thiophene rings is 1. The van der Waals surface area contributed by atoms with E-state index in [1.165, 1.54) is 0 Å². The summed E-state index contributed by atoms with van der Waals surface area (Å²) >= 11 is 1.62. The van der Waals surface area contributed by atoms with E-state index in [0.29, 0.717) is 18.1 Å². The maximum absolute atomic E-state index is 13.1. The fraction of sp³-hybridized carbons (Fsp3) is 0.394. The zero-order chi connectivity index (χ0) is 29.4. The molecule has 8 nitrogen and oxygen atoms in total. The van der Waals surface area contributed by atoms with Gasteiger partial charge in [-0.1, -0.05) is 18.2 Å². The highest BCUT2D eigenvalue weighted by molar-refractivity contribution is 7.17. The number of aromatic nitrogens is 1. The number of nitrogens with zero attached hydrogens (tertiary/aromatic N) is 2. The molecular formula is C33H37N3O5S. The normalized spacial score (nSPS) is 20.0. The minimum atomic E-state index is -0.497. The highest BCUT2D eigenvalue weighted by atomic mass is 32.1. The molecule has 2 amide bonds. The van der Waals surface area contributed by atoms with Gasteiger partial charge in [0.1, 0.15) is 35.5 Å². The molecule has 4 heterocycles. The molecule has 2 aliphatic rings. The van der Waals surface area contributed by atoms with Crippen LogP contribution in [0.4, 0.5) is 10.5 Å². The lowest BCUT2D eigenvalue weighted by molar-refractivity contribution is -0.00709. The molecule has 2 aromatic heterocycles. The highest BCUT2D eigenvalue weighted by Crippen LogP contribution is 2.38. The van der Waals surface area contributed by atoms with E-state index in [-0.39, 0.29) is 30.2 Å². The van der Waals surface area contributed by atoms with Gasteiger partial charge in [-0.3, -0.25) is 4.79 Å². The molecular weight excluding hydrogens is 550 g/mol. The number of benzene rings is 2. The lowest BCUT2D eigenvalue weighted by Gasteiger charge is -2.39. The maximum Gasteiger partial charge on any atom is 0.410 e. The number of hydrogen-bond donors (Lipinski definition) is 1. The monoisotopic (exact) mass is 587 g/mol. The van der Waals surface area contributed by atoms with Gasteiger partial charge in [0.05, 0.1) is 10.2 Å². The van der Waals surface area contributed by atoms with Gasteiger partial charge in [-0.25, -0.2) is 4.79 Å². The third-order valence-corrected chi connectivity index (χ3v) is 8.83. The molecule has 4 aromatic rings. The number of aryl methyl sites for hydroxylation is 1. The van der Waals surface area contributed by atoms with Crippen LogP contribution in [0.5, 0.6) is 11.5 Å². The number of carbonyl (C=O) groups excluding carboxylic acids is 2. The summed E-state index contributed by atoms with van der Waals surface area (Å²) in [5, 5.41) is 5.08. The minimum absolute atomic E-state index is 0.0588. The number of amides is 2. The van der Waals surface area contributed by atoms with Crippen LogP contribution in [0.25, 0.3) is 10.2 Å². The molecule has 6 rings (SSSR count). The van der Waals surface area contributed by atoms with Crippen LogP contribution in [-0.2, 0) is 18.4 Å². The van der Waals surface area contributed by atoms with Crippen LogP contribution < -0.4 is 14.8 Å². The quantitative estimate of drug-likeness (QED) is 0.244. The van der Waals surface area contributed by atoms with E-state index in [0.717, 1.165) is 52.9 Å². The molecule has 0 radical (unpaired) electrons. The van der Waals surface area contributed by atoms with E-state index < -0.39 is 5.60 Å². The number of rotatable bonds is 7. The van der Waals surface area contributed by atoms with Crippen LogP contribution in [-0.4, -0.2) is 45.3 Å². The van der Waals surface area contributed by atoms with Crippen LogP contribution >= 0.6 is 11.3 Å². The summed E-state index contributed by atoms with van der Waals surface area (Å²) in [5.74, 6) is 1.35. The molecule has 0 spiro atoms. The van der Waals surface area contributed by atoms with Crippen molar-refractivity contribution < 1.29 is 23.8 Å². The van der Waals surface area contributed by atoms with E-state index >= 15 is 0 Å². The fourth-order valence-corrected chi connectivity index (χ4v) is 6.88. The second-order valence-electron chi connectivity index (χ2n) is 12.1. The van der Waals surface area contributed by atoms with Gasteiger partial charge in [0.25, 0.3) is 5.91 Å². The number of nitrogens with one attached hydrogen (secondary N) is 1. The Morgan fingerprint density at radius 2 is 1.67 bits per heavy atom. The molecule has 3 atom stereocenters. The smallest absolute Gasteiger partial charge is 0.410 e. The van der Waals surface area contributed by atoms with Gasteiger partial charge in [-0.15, -0.1) is 11.3 Å². The Kier molecular flexibility index (Phi) is 7.62. The lowest BCUT2D eigenvalue weighted by Crippen LogP contribution is -2.50. The number of anilines is 1. The molecule has 42 heavy (non-hydrogen) atoms. The first-order chi connectivity index (χ1) is 20.1. The van der Waals surface area contributed by atoms with Crippen LogP contribution in [0, 0.1) is 0 Å². The molecule has 0 aliphatic carbocycles. The predicted octanol–water partition coefficient (Wildman–Crippen LogP) is 7.38. The maximum atomic E-state index is 13.1. The fourth-order valence-electron chi connectivity index (χ4n) is 6.03. The Balaban J connectivity index is 1.03. The number of para-hydroxylation sites is 1. The van der Waals surface area contributed by atoms with Crippen LogP contribution in [0.15, 0.2) is 66.0 Å². The number of hydrogen-bond acceptors (Lipinski definition) is 6. The SMILES string of the molecule is Cn1c(C(=O)Nc2ccccc2COc2ccc(OC3C[C@H]4CC[C@@H](C3)N4C(=O)OC(C)(C)C)cc2)cc2sccc21. The molecule has 2 fully saturated rings. The van der Waals surface area contributed by atoms with E-state index in [9.17, 15) is 9.59 Å². The van der Waals surface area contributed by atoms with Gasteiger partial charge >= 0.3 is 6.09 Å². The zero-order valence-electron chi connectivity index (χ0n) is 24.5. The molecule has 220 valence electrons. The lowest BCUT2D eigenvalue weighted by atomic mass is 10.00. The number of carbonyl (C=O) groups is 2. The molecule has 0 saturated carbocycles. The summed E-state index contributed by atoms with van der Waals surface area (Å²) in [5.41, 5.74) is 2.77. The highest BCUT2D eigenvalue weighted by Gasteiger charge is 2.45. The van der Waals surface area contributed by atoms with Crippen molar-refractivity contribution in [2.24, 2.45) is 7.05 Å². The van der Waals surface area contributed by atoms with Crippen molar-refractivity contribution in [1.29, 1.82) is 0 Å². The standard InChI is InChI=1S/C33H37N3O5S/c1-33(2,3)41-32(38)36-22-9-10-23(36)18-26(17-22)40-25-13-11-24(12-14-25)39-20-21-7-5-6-8-27(21)34-31(37)29-19-30-28(35(29)4)15-16-42-30/h5-8,11-16,19,22-23,26H,9-10,17-18,20H2,1-4H3,(H,34,37)/t22-,23+,26?. The number of ether oxygens (including phenoxy) is 3. The molecule has 1 N–H and O–H groups in total. The minimum Gasteiger partial charge on any atom is -0.490 e. The number of piperidine rings is 1. The summed E-state index contributed by atoms with van der Waals surface area (Å²) in [6.45, 7) is 6.02. The third-order valence-electron chi connectivity index (χ3n) is 7.98. The summed E-state index contributed by atoms with van der Waals surface area (Å²) < 4.78 is 21.1. The summed E-state index contributed by atoms with van der Waals surface area (Å²) in [6, 6.07) is 19.6. The Hall–Kier alpha value is -3.98. The van der Waals surface area contributed by atoms with Crippen molar-refractivity contribution >= 4 is 39.2 Å². The Morgan fingerprint density at radius 1 is 0.976 bits per heavy atom. The number of fused-ring (bicyclic) bond motifs is 3. The summed E-state index contributed by atoms with van der Waals surface area (Å²) in [6.07, 6.45) is 3.43. The molecule has 2 aromatic carbocycles. The van der Waals surface area contributed by atoms with Gasteiger partial charge in [-0.2, -0.15) is 0 Å². The van der Waals surface area contributed by atoms with E-state index in [2.05, 4.69) is 5.32 Å². The van der Waals surface area contributed by atoms with Crippen LogP contribution in [0.2, 0.25) is 0 Å². The first kappa shape index (κ1) is 28.2. The van der Waals surface area contributed by atoms with E-state index in [4.69, 9.17) is 14.2 Å². The average molecular weight is 588 g/mol. The summed E-state index contributed by atoms with van der Waals surface area (Å²) in [7, 11) is 1.91. The summed E-state index contributed by atoms with van der Waals surface area (Å²) in [4.78, 5) is 27.8. The van der Waals surface area contributed by atoms with Crippen molar-refractivity contribution in [3.8, 4) is 11.5 Å². The van der Waals surface area contributed by atoms with Gasteiger partial charge < -0.3 is 29.0 Å². The molecule has 9 heteroatoms. The predicted molar refractivity (Wildman–Crippen MR) is 164 cm³/mol. The second-order valence-corrected chi connectivity index (χ2v) is 13.1. The van der Waals surface area contributed by atoms with E-state index in [1.807, 2.05) is 103 Å². The Morgan fingerprint density at radius 3 is 2.36 bits per heavy atom. The van der Waals surface area contributed by atoms with Crippen LogP contribution in [0.1, 0.15) is 62.5 Å². The van der Waals surface area contributed by atoms with E-state index in [1.54, 1.807) is 11.3 Å². The van der Waals surface area contributed by atoms with Crippen molar-refractivity contribution in [3.63, 3.8) is 0 Å². The zero-order valence-corrected chi connectivity index (χ0v) is 25.3. The first-order valence-electron chi connectivity index (χ1n) is 14.5. The second kappa shape index (κ2) is 11.4. The van der Waals surface area contributed by atoms with Gasteiger partial charge in [0, 0.05) is 43.2 Å². The molecule has 2 saturated heterocycles. The average Bonchev–Trinajstić information content (AvgIpc) is 3.61. The van der Waals surface area contributed by atoms with Crippen molar-refractivity contribution in [2.45, 2.75) is 76.9 Å². The van der Waals surface area contributed by atoms with Crippen molar-refractivity contribution in [2.75, 3.05) is 5.32 Å². The molecule has 2 aliphatic heterocycles. The Bertz CT molecular complexity index is 1570. The van der Waals surface area contributed by atoms with Gasteiger partial charge in [-0.05, 0) is 81.5 Å². The van der Waals surface area contributed by atoms with Crippen molar-refractivity contribution in [3.05, 3.63) is 77.3 Å².